The second-order valence-electron chi connectivity index (χ2n) is 4.47. The molecule has 0 amide bonds. The van der Waals surface area contributed by atoms with Crippen LogP contribution in [-0.4, -0.2) is 40.2 Å². The van der Waals surface area contributed by atoms with E-state index in [0.29, 0.717) is 11.7 Å². The maximum atomic E-state index is 11.0. The van der Waals surface area contributed by atoms with Crippen LogP contribution in [0.25, 0.3) is 0 Å². The van der Waals surface area contributed by atoms with Crippen molar-refractivity contribution in [3.63, 3.8) is 0 Å². The molecule has 0 saturated carbocycles. The number of aryl methyl sites for hydroxylation is 1. The fourth-order valence-corrected chi connectivity index (χ4v) is 2.05. The van der Waals surface area contributed by atoms with Gasteiger partial charge in [0.1, 0.15) is 5.69 Å². The van der Waals surface area contributed by atoms with Gasteiger partial charge in [-0.15, -0.1) is 0 Å². The second-order valence-corrected chi connectivity index (χ2v) is 5.39. The molecule has 0 atom stereocenters. The Morgan fingerprint density at radius 2 is 2.24 bits per heavy atom. The van der Waals surface area contributed by atoms with Crippen molar-refractivity contribution in [2.75, 3.05) is 13.6 Å². The van der Waals surface area contributed by atoms with Gasteiger partial charge in [0.2, 0.25) is 0 Å². The Labute approximate surface area is 110 Å². The molecule has 0 unspecified atom stereocenters. The Morgan fingerprint density at radius 3 is 2.76 bits per heavy atom. The molecule has 0 aliphatic carbocycles. The minimum Gasteiger partial charge on any atom is -0.477 e. The van der Waals surface area contributed by atoms with Gasteiger partial charge in [0.05, 0.1) is 0 Å². The number of nitrogens with zero attached hydrogens (tertiary/aromatic N) is 2. The van der Waals surface area contributed by atoms with E-state index in [9.17, 15) is 4.79 Å². The fourth-order valence-electron chi connectivity index (χ4n) is 1.59. The average molecular weight is 303 g/mol. The maximum absolute atomic E-state index is 11.0. The highest BCUT2D eigenvalue weighted by Crippen LogP contribution is 2.15. The summed E-state index contributed by atoms with van der Waals surface area (Å²) in [6.07, 6.45) is 2.76. The lowest BCUT2D eigenvalue weighted by Crippen LogP contribution is -2.28. The molecule has 0 radical (unpaired) electrons. The zero-order valence-corrected chi connectivity index (χ0v) is 12.1. The number of carbonyl (C=O) groups is 1. The number of rotatable bonds is 6. The summed E-state index contributed by atoms with van der Waals surface area (Å²) in [5.41, 5.74) is 0.337. The zero-order valence-electron chi connectivity index (χ0n) is 10.5. The molecular weight excluding hydrogens is 284 g/mol. The number of carboxylic acids is 1. The van der Waals surface area contributed by atoms with Gasteiger partial charge in [-0.3, -0.25) is 0 Å². The molecule has 5 heteroatoms. The molecule has 0 saturated heterocycles. The highest BCUT2D eigenvalue weighted by atomic mass is 79.9. The Bertz CT molecular complexity index is 388. The predicted octanol–water partition coefficient (Wildman–Crippen LogP) is 2.68. The van der Waals surface area contributed by atoms with Crippen LogP contribution in [0.1, 0.15) is 30.8 Å². The molecule has 1 aromatic rings. The number of aromatic nitrogens is 1. The molecule has 0 aromatic carbocycles. The van der Waals surface area contributed by atoms with Crippen molar-refractivity contribution in [1.29, 1.82) is 0 Å². The van der Waals surface area contributed by atoms with Crippen molar-refractivity contribution in [2.45, 2.75) is 32.9 Å². The lowest BCUT2D eigenvalue weighted by atomic mass is 10.3. The highest BCUT2D eigenvalue weighted by molar-refractivity contribution is 9.10. The molecular formula is C12H19BrN2O2. The van der Waals surface area contributed by atoms with Crippen molar-refractivity contribution in [2.24, 2.45) is 0 Å². The van der Waals surface area contributed by atoms with E-state index in [1.807, 2.05) is 6.20 Å². The first-order valence-corrected chi connectivity index (χ1v) is 6.50. The first kappa shape index (κ1) is 14.3. The molecule has 0 bridgehead atoms. The zero-order chi connectivity index (χ0) is 13.0. The molecule has 4 nitrogen and oxygen atoms in total. The molecule has 1 heterocycles. The number of carboxylic acid groups (broad SMARTS) is 1. The molecule has 0 aliphatic rings. The van der Waals surface area contributed by atoms with E-state index in [0.717, 1.165) is 24.0 Å². The quantitative estimate of drug-likeness (QED) is 0.879. The standard InChI is InChI=1S/C12H19BrN2O2/c1-9(2)14(3)5-4-6-15-8-10(13)7-11(15)12(16)17/h7-9H,4-6H2,1-3H3,(H,16,17). The van der Waals surface area contributed by atoms with E-state index in [-0.39, 0.29) is 0 Å². The molecule has 0 aliphatic heterocycles. The summed E-state index contributed by atoms with van der Waals surface area (Å²) in [6.45, 7) is 5.99. The first-order chi connectivity index (χ1) is 7.91. The van der Waals surface area contributed by atoms with Crippen LogP contribution in [0.4, 0.5) is 0 Å². The van der Waals surface area contributed by atoms with Crippen LogP contribution in [0.15, 0.2) is 16.7 Å². The molecule has 0 spiro atoms. The summed E-state index contributed by atoms with van der Waals surface area (Å²) in [5, 5.41) is 9.02. The van der Waals surface area contributed by atoms with Crippen LogP contribution >= 0.6 is 15.9 Å². The summed E-state index contributed by atoms with van der Waals surface area (Å²) < 4.78 is 2.59. The van der Waals surface area contributed by atoms with Crippen molar-refractivity contribution in [3.8, 4) is 0 Å². The number of hydrogen-bond acceptors (Lipinski definition) is 2. The van der Waals surface area contributed by atoms with E-state index in [1.165, 1.54) is 0 Å². The summed E-state index contributed by atoms with van der Waals surface area (Å²) in [6, 6.07) is 2.15. The maximum Gasteiger partial charge on any atom is 0.352 e. The summed E-state index contributed by atoms with van der Waals surface area (Å²) in [5.74, 6) is -0.882. The topological polar surface area (TPSA) is 45.5 Å². The predicted molar refractivity (Wildman–Crippen MR) is 71.5 cm³/mol. The number of aromatic carboxylic acids is 1. The van der Waals surface area contributed by atoms with Crippen LogP contribution in [0.5, 0.6) is 0 Å². The van der Waals surface area contributed by atoms with E-state index >= 15 is 0 Å². The van der Waals surface area contributed by atoms with Crippen LogP contribution in [0.3, 0.4) is 0 Å². The van der Waals surface area contributed by atoms with Gasteiger partial charge in [0.25, 0.3) is 0 Å². The van der Waals surface area contributed by atoms with Gasteiger partial charge in [-0.2, -0.15) is 0 Å². The molecule has 96 valence electrons. The van der Waals surface area contributed by atoms with Gasteiger partial charge in [-0.1, -0.05) is 0 Å². The largest absolute Gasteiger partial charge is 0.477 e. The monoisotopic (exact) mass is 302 g/mol. The van der Waals surface area contributed by atoms with E-state index < -0.39 is 5.97 Å². The lowest BCUT2D eigenvalue weighted by Gasteiger charge is -2.20. The smallest absolute Gasteiger partial charge is 0.352 e. The van der Waals surface area contributed by atoms with E-state index in [2.05, 4.69) is 41.7 Å². The van der Waals surface area contributed by atoms with Crippen LogP contribution in [0, 0.1) is 0 Å². The Hall–Kier alpha value is -0.810. The van der Waals surface area contributed by atoms with Crippen LogP contribution < -0.4 is 0 Å². The van der Waals surface area contributed by atoms with Gasteiger partial charge in [-0.05, 0) is 55.9 Å². The number of hydrogen-bond donors (Lipinski definition) is 1. The summed E-state index contributed by atoms with van der Waals surface area (Å²) in [7, 11) is 2.08. The van der Waals surface area contributed by atoms with Crippen molar-refractivity contribution < 1.29 is 9.90 Å². The van der Waals surface area contributed by atoms with Gasteiger partial charge in [0.15, 0.2) is 0 Å². The highest BCUT2D eigenvalue weighted by Gasteiger charge is 2.11. The summed E-state index contributed by atoms with van der Waals surface area (Å²) in [4.78, 5) is 13.2. The molecule has 1 rings (SSSR count). The van der Waals surface area contributed by atoms with Crippen LogP contribution in [0.2, 0.25) is 0 Å². The fraction of sp³-hybridized carbons (Fsp3) is 0.583. The third-order valence-corrected chi connectivity index (χ3v) is 3.31. The Balaban J connectivity index is 2.54. The van der Waals surface area contributed by atoms with Gasteiger partial charge in [0, 0.05) is 23.3 Å². The van der Waals surface area contributed by atoms with Crippen molar-refractivity contribution >= 4 is 21.9 Å². The normalized spacial score (nSPS) is 11.4. The van der Waals surface area contributed by atoms with Crippen molar-refractivity contribution in [3.05, 3.63) is 22.4 Å². The molecule has 1 N–H and O–H groups in total. The lowest BCUT2D eigenvalue weighted by molar-refractivity contribution is 0.0684. The van der Waals surface area contributed by atoms with Gasteiger partial charge >= 0.3 is 5.97 Å². The molecule has 0 fully saturated rings. The second kappa shape index (κ2) is 6.21. The van der Waals surface area contributed by atoms with Gasteiger partial charge in [-0.25, -0.2) is 4.79 Å². The average Bonchev–Trinajstić information content (AvgIpc) is 2.59. The van der Waals surface area contributed by atoms with Crippen LogP contribution in [-0.2, 0) is 6.54 Å². The molecule has 1 aromatic heterocycles. The van der Waals surface area contributed by atoms with E-state index in [1.54, 1.807) is 10.6 Å². The SMILES string of the molecule is CC(C)N(C)CCCn1cc(Br)cc1C(=O)O. The minimum absolute atomic E-state index is 0.337. The number of halogens is 1. The first-order valence-electron chi connectivity index (χ1n) is 5.71. The molecule has 17 heavy (non-hydrogen) atoms. The van der Waals surface area contributed by atoms with E-state index in [4.69, 9.17) is 5.11 Å². The third kappa shape index (κ3) is 4.16. The van der Waals surface area contributed by atoms with Gasteiger partial charge < -0.3 is 14.6 Å². The summed E-state index contributed by atoms with van der Waals surface area (Å²) >= 11 is 3.30. The third-order valence-electron chi connectivity index (χ3n) is 2.87. The van der Waals surface area contributed by atoms with Crippen molar-refractivity contribution in [1.82, 2.24) is 9.47 Å². The minimum atomic E-state index is -0.882. The Morgan fingerprint density at radius 1 is 1.59 bits per heavy atom. The Kier molecular flexibility index (Phi) is 5.21.